The van der Waals surface area contributed by atoms with E-state index in [0.29, 0.717) is 6.04 Å². The molecule has 1 heterocycles. The van der Waals surface area contributed by atoms with Gasteiger partial charge >= 0.3 is 0 Å². The molecule has 0 aromatic rings. The van der Waals surface area contributed by atoms with Gasteiger partial charge < -0.3 is 5.32 Å². The van der Waals surface area contributed by atoms with E-state index in [9.17, 15) is 0 Å². The Kier molecular flexibility index (Phi) is 3.38. The van der Waals surface area contributed by atoms with Gasteiger partial charge in [-0.2, -0.15) is 0 Å². The number of nitrogens with one attached hydrogen (secondary N) is 1. The lowest BCUT2D eigenvalue weighted by Gasteiger charge is -2.43. The summed E-state index contributed by atoms with van der Waals surface area (Å²) >= 11 is 5.81. The topological polar surface area (TPSA) is 15.3 Å². The van der Waals surface area contributed by atoms with Crippen molar-refractivity contribution in [1.82, 2.24) is 10.2 Å². The molecule has 0 bridgehead atoms. The second-order valence-corrected chi connectivity index (χ2v) is 5.07. The highest BCUT2D eigenvalue weighted by Crippen LogP contribution is 2.16. The molecule has 0 aromatic carbocycles. The molecule has 0 radical (unpaired) electrons. The number of piperazine rings is 1. The van der Waals surface area contributed by atoms with E-state index < -0.39 is 0 Å². The molecule has 0 saturated carbocycles. The van der Waals surface area contributed by atoms with Crippen LogP contribution in [-0.2, 0) is 0 Å². The molecule has 1 aliphatic rings. The van der Waals surface area contributed by atoms with Crippen molar-refractivity contribution in [1.29, 1.82) is 0 Å². The van der Waals surface area contributed by atoms with E-state index >= 15 is 0 Å². The second kappa shape index (κ2) is 3.99. The first-order chi connectivity index (χ1) is 5.91. The quantitative estimate of drug-likeness (QED) is 0.735. The molecular weight excluding hydrogens is 184 g/mol. The summed E-state index contributed by atoms with van der Waals surface area (Å²) < 4.78 is 0. The van der Waals surface area contributed by atoms with E-state index in [1.165, 1.54) is 0 Å². The van der Waals surface area contributed by atoms with E-state index in [-0.39, 0.29) is 5.54 Å². The van der Waals surface area contributed by atoms with Gasteiger partial charge in [-0.1, -0.05) is 18.2 Å². The minimum Gasteiger partial charge on any atom is -0.309 e. The first-order valence-corrected chi connectivity index (χ1v) is 5.11. The van der Waals surface area contributed by atoms with Crippen LogP contribution >= 0.6 is 11.6 Å². The fourth-order valence-electron chi connectivity index (χ4n) is 1.70. The number of rotatable bonds is 2. The average molecular weight is 203 g/mol. The zero-order valence-corrected chi connectivity index (χ0v) is 9.49. The van der Waals surface area contributed by atoms with Gasteiger partial charge in [0.15, 0.2) is 0 Å². The summed E-state index contributed by atoms with van der Waals surface area (Å²) in [6.07, 6.45) is 0. The summed E-state index contributed by atoms with van der Waals surface area (Å²) in [5, 5.41) is 4.22. The lowest BCUT2D eigenvalue weighted by atomic mass is 9.99. The van der Waals surface area contributed by atoms with Gasteiger partial charge in [0, 0.05) is 36.2 Å². The Bertz CT molecular complexity index is 201. The molecule has 76 valence electrons. The van der Waals surface area contributed by atoms with Gasteiger partial charge in [0.05, 0.1) is 0 Å². The first-order valence-electron chi connectivity index (χ1n) is 4.73. The lowest BCUT2D eigenvalue weighted by molar-refractivity contribution is 0.116. The molecule has 1 N–H and O–H groups in total. The molecule has 1 fully saturated rings. The Morgan fingerprint density at radius 2 is 2.31 bits per heavy atom. The lowest BCUT2D eigenvalue weighted by Crippen LogP contribution is -2.60. The maximum Gasteiger partial charge on any atom is 0.0339 e. The summed E-state index contributed by atoms with van der Waals surface area (Å²) in [7, 11) is 0. The largest absolute Gasteiger partial charge is 0.309 e. The monoisotopic (exact) mass is 202 g/mol. The summed E-state index contributed by atoms with van der Waals surface area (Å²) in [5.74, 6) is 0. The Balaban J connectivity index is 2.55. The molecule has 13 heavy (non-hydrogen) atoms. The number of nitrogens with zero attached hydrogens (tertiary/aromatic N) is 1. The van der Waals surface area contributed by atoms with Crippen LogP contribution in [0.4, 0.5) is 0 Å². The van der Waals surface area contributed by atoms with Crippen molar-refractivity contribution in [2.24, 2.45) is 0 Å². The molecule has 0 aromatic heterocycles. The molecular formula is C10H19ClN2. The highest BCUT2D eigenvalue weighted by atomic mass is 35.5. The third-order valence-electron chi connectivity index (χ3n) is 2.47. The van der Waals surface area contributed by atoms with Gasteiger partial charge in [-0.25, -0.2) is 0 Å². The Labute approximate surface area is 85.9 Å². The molecule has 0 amide bonds. The SMILES string of the molecule is C=C(Cl)CN1CC(C)(C)NCC1C. The number of hydrogen-bond donors (Lipinski definition) is 1. The van der Waals surface area contributed by atoms with Crippen molar-refractivity contribution < 1.29 is 0 Å². The Morgan fingerprint density at radius 3 is 2.85 bits per heavy atom. The molecule has 1 unspecified atom stereocenters. The number of halogens is 1. The highest BCUT2D eigenvalue weighted by Gasteiger charge is 2.29. The summed E-state index contributed by atoms with van der Waals surface area (Å²) in [6.45, 7) is 13.2. The normalized spacial score (nSPS) is 28.8. The van der Waals surface area contributed by atoms with Crippen molar-refractivity contribution in [3.8, 4) is 0 Å². The van der Waals surface area contributed by atoms with Crippen LogP contribution in [0.1, 0.15) is 20.8 Å². The van der Waals surface area contributed by atoms with Crippen LogP contribution in [0.5, 0.6) is 0 Å². The molecule has 0 spiro atoms. The van der Waals surface area contributed by atoms with Gasteiger partial charge in [0.25, 0.3) is 0 Å². The molecule has 1 aliphatic heterocycles. The molecule has 0 aliphatic carbocycles. The maximum atomic E-state index is 5.81. The van der Waals surface area contributed by atoms with E-state index in [2.05, 4.69) is 37.6 Å². The van der Waals surface area contributed by atoms with Crippen LogP contribution in [0, 0.1) is 0 Å². The molecule has 3 heteroatoms. The molecule has 2 nitrogen and oxygen atoms in total. The minimum absolute atomic E-state index is 0.193. The smallest absolute Gasteiger partial charge is 0.0339 e. The molecule has 1 rings (SSSR count). The van der Waals surface area contributed by atoms with Crippen LogP contribution in [0.25, 0.3) is 0 Å². The molecule has 1 atom stereocenters. The second-order valence-electron chi connectivity index (χ2n) is 4.54. The van der Waals surface area contributed by atoms with E-state index in [4.69, 9.17) is 11.6 Å². The van der Waals surface area contributed by atoms with Gasteiger partial charge in [-0.15, -0.1) is 0 Å². The predicted molar refractivity (Wildman–Crippen MR) is 58.1 cm³/mol. The van der Waals surface area contributed by atoms with Crippen molar-refractivity contribution in [2.75, 3.05) is 19.6 Å². The van der Waals surface area contributed by atoms with Crippen molar-refractivity contribution >= 4 is 11.6 Å². The van der Waals surface area contributed by atoms with Crippen molar-refractivity contribution in [2.45, 2.75) is 32.4 Å². The van der Waals surface area contributed by atoms with Crippen molar-refractivity contribution in [3.05, 3.63) is 11.6 Å². The van der Waals surface area contributed by atoms with E-state index in [0.717, 1.165) is 24.7 Å². The molecule has 1 saturated heterocycles. The number of hydrogen-bond acceptors (Lipinski definition) is 2. The summed E-state index contributed by atoms with van der Waals surface area (Å²) in [4.78, 5) is 2.37. The summed E-state index contributed by atoms with van der Waals surface area (Å²) in [5.41, 5.74) is 0.193. The summed E-state index contributed by atoms with van der Waals surface area (Å²) in [6, 6.07) is 0.545. The maximum absolute atomic E-state index is 5.81. The van der Waals surface area contributed by atoms with E-state index in [1.54, 1.807) is 0 Å². The first kappa shape index (κ1) is 11.0. The third kappa shape index (κ3) is 3.29. The standard InChI is InChI=1S/C10H19ClN2/c1-8(11)6-13-7-10(3,4)12-5-9(13)2/h9,12H,1,5-7H2,2-4H3. The van der Waals surface area contributed by atoms with Crippen LogP contribution in [0.15, 0.2) is 11.6 Å². The fraction of sp³-hybridized carbons (Fsp3) is 0.800. The van der Waals surface area contributed by atoms with Gasteiger partial charge in [0.1, 0.15) is 0 Å². The van der Waals surface area contributed by atoms with Crippen LogP contribution in [0.2, 0.25) is 0 Å². The Hall–Kier alpha value is -0.0500. The Morgan fingerprint density at radius 1 is 1.69 bits per heavy atom. The van der Waals surface area contributed by atoms with E-state index in [1.807, 2.05) is 0 Å². The third-order valence-corrected chi connectivity index (χ3v) is 2.59. The van der Waals surface area contributed by atoms with Crippen LogP contribution in [0.3, 0.4) is 0 Å². The highest BCUT2D eigenvalue weighted by molar-refractivity contribution is 6.29. The van der Waals surface area contributed by atoms with Crippen LogP contribution in [-0.4, -0.2) is 36.1 Å². The van der Waals surface area contributed by atoms with Gasteiger partial charge in [-0.05, 0) is 20.8 Å². The zero-order chi connectivity index (χ0) is 10.1. The van der Waals surface area contributed by atoms with Gasteiger partial charge in [0.2, 0.25) is 0 Å². The van der Waals surface area contributed by atoms with Crippen LogP contribution < -0.4 is 5.32 Å². The minimum atomic E-state index is 0.193. The zero-order valence-electron chi connectivity index (χ0n) is 8.73. The van der Waals surface area contributed by atoms with Crippen molar-refractivity contribution in [3.63, 3.8) is 0 Å². The predicted octanol–water partition coefficient (Wildman–Crippen LogP) is 1.81. The average Bonchev–Trinajstić information content (AvgIpc) is 1.95. The van der Waals surface area contributed by atoms with Gasteiger partial charge in [-0.3, -0.25) is 4.90 Å². The fourth-order valence-corrected chi connectivity index (χ4v) is 1.86.